The summed E-state index contributed by atoms with van der Waals surface area (Å²) in [6, 6.07) is 21.8. The normalized spacial score (nSPS) is 15.2. The average molecular weight is 666 g/mol. The first-order chi connectivity index (χ1) is 23.2. The molecular weight excluding hydrogens is 626 g/mol. The van der Waals surface area contributed by atoms with Crippen LogP contribution in [0.3, 0.4) is 0 Å². The molecule has 0 aliphatic carbocycles. The number of para-hydroxylation sites is 2. The molecule has 4 amide bonds. The minimum Gasteiger partial charge on any atom is -0.444 e. The third-order valence-electron chi connectivity index (χ3n) is 8.51. The largest absolute Gasteiger partial charge is 0.444 e. The van der Waals surface area contributed by atoms with Crippen molar-refractivity contribution in [2.24, 2.45) is 0 Å². The Labute approximate surface area is 284 Å². The lowest BCUT2D eigenvalue weighted by molar-refractivity contribution is -0.384. The number of nitrogens with one attached hydrogen (secondary N) is 1. The van der Waals surface area contributed by atoms with Gasteiger partial charge in [0.05, 0.1) is 29.4 Å². The zero-order chi connectivity index (χ0) is 35.6. The summed E-state index contributed by atoms with van der Waals surface area (Å²) < 4.78 is 5.43. The molecule has 0 saturated heterocycles. The fourth-order valence-electron chi connectivity index (χ4n) is 5.70. The highest BCUT2D eigenvalue weighted by Gasteiger charge is 2.39. The molecule has 0 aromatic heterocycles. The summed E-state index contributed by atoms with van der Waals surface area (Å²) in [5.74, 6) is -1.60. The summed E-state index contributed by atoms with van der Waals surface area (Å²) in [4.78, 5) is 70.1. The average Bonchev–Trinajstić information content (AvgIpc) is 3.18. The van der Waals surface area contributed by atoms with Crippen LogP contribution in [0, 0.1) is 17.0 Å². The quantitative estimate of drug-likeness (QED) is 0.189. The van der Waals surface area contributed by atoms with Gasteiger partial charge in [-0.2, -0.15) is 0 Å². The lowest BCUT2D eigenvalue weighted by Crippen LogP contribution is -2.57. The molecule has 2 atom stereocenters. The fraction of sp³-hybridized carbons (Fsp3) is 0.297. The SMILES string of the molecule is Cc1ccc2ccccc2c1CN1C(=O)C(NC(=O)C(C)N(C)C(=O)OC(C)(C)C)CN(C(=O)c2ccc([N+](=O)[O-])cc2)c2ccccc21. The first-order valence-corrected chi connectivity index (χ1v) is 15.9. The first-order valence-electron chi connectivity index (χ1n) is 15.9. The summed E-state index contributed by atoms with van der Waals surface area (Å²) in [7, 11) is 1.43. The van der Waals surface area contributed by atoms with Gasteiger partial charge < -0.3 is 19.9 Å². The minimum atomic E-state index is -1.23. The predicted molar refractivity (Wildman–Crippen MR) is 186 cm³/mol. The number of ether oxygens (including phenoxy) is 1. The van der Waals surface area contributed by atoms with Crippen LogP contribution in [-0.4, -0.2) is 64.9 Å². The van der Waals surface area contributed by atoms with E-state index in [0.29, 0.717) is 11.4 Å². The number of carbonyl (C=O) groups excluding carboxylic acids is 4. The van der Waals surface area contributed by atoms with Crippen molar-refractivity contribution in [1.82, 2.24) is 10.2 Å². The van der Waals surface area contributed by atoms with Crippen LogP contribution in [0.5, 0.6) is 0 Å². The second-order valence-electron chi connectivity index (χ2n) is 13.0. The van der Waals surface area contributed by atoms with Crippen LogP contribution in [0.2, 0.25) is 0 Å². The molecular formula is C37H39N5O7. The summed E-state index contributed by atoms with van der Waals surface area (Å²) >= 11 is 0. The van der Waals surface area contributed by atoms with Crippen LogP contribution in [-0.2, 0) is 20.9 Å². The molecule has 12 nitrogen and oxygen atoms in total. The summed E-state index contributed by atoms with van der Waals surface area (Å²) in [5.41, 5.74) is 1.93. The number of carbonyl (C=O) groups is 4. The van der Waals surface area contributed by atoms with E-state index in [2.05, 4.69) is 5.32 Å². The topological polar surface area (TPSA) is 142 Å². The van der Waals surface area contributed by atoms with Crippen LogP contribution < -0.4 is 15.1 Å². The lowest BCUT2D eigenvalue weighted by atomic mass is 9.99. The van der Waals surface area contributed by atoms with Crippen LogP contribution in [0.15, 0.2) is 84.9 Å². The van der Waals surface area contributed by atoms with Gasteiger partial charge in [-0.25, -0.2) is 4.79 Å². The van der Waals surface area contributed by atoms with Crippen molar-refractivity contribution in [3.63, 3.8) is 0 Å². The number of rotatable bonds is 7. The number of likely N-dealkylation sites (N-methyl/N-ethyl adjacent to an activating group) is 1. The van der Waals surface area contributed by atoms with E-state index in [-0.39, 0.29) is 24.3 Å². The van der Waals surface area contributed by atoms with Crippen molar-refractivity contribution >= 4 is 51.6 Å². The Morgan fingerprint density at radius 1 is 0.980 bits per heavy atom. The van der Waals surface area contributed by atoms with Gasteiger partial charge in [-0.3, -0.25) is 29.4 Å². The van der Waals surface area contributed by atoms with Gasteiger partial charge in [0.1, 0.15) is 17.7 Å². The van der Waals surface area contributed by atoms with Crippen molar-refractivity contribution < 1.29 is 28.8 Å². The number of non-ortho nitro benzene ring substituents is 1. The van der Waals surface area contributed by atoms with E-state index in [1.807, 2.05) is 43.3 Å². The number of nitro benzene ring substituents is 1. The molecule has 5 rings (SSSR count). The molecule has 12 heteroatoms. The molecule has 1 aliphatic heterocycles. The minimum absolute atomic E-state index is 0.141. The summed E-state index contributed by atoms with van der Waals surface area (Å²) in [6.45, 7) is 8.53. The standard InChI is InChI=1S/C37H39N5O7/c1-23-15-16-25-11-7-8-12-28(25)29(23)21-40-31-13-9-10-14-32(31)41(34(44)26-17-19-27(20-18-26)42(47)48)22-30(35(40)45)38-33(43)24(2)39(6)36(46)49-37(3,4)5/h7-20,24,30H,21-22H2,1-6H3,(H,38,43). The lowest BCUT2D eigenvalue weighted by Gasteiger charge is -2.30. The van der Waals surface area contributed by atoms with E-state index < -0.39 is 46.4 Å². The summed E-state index contributed by atoms with van der Waals surface area (Å²) in [6.07, 6.45) is -0.710. The molecule has 0 spiro atoms. The highest BCUT2D eigenvalue weighted by molar-refractivity contribution is 6.13. The van der Waals surface area contributed by atoms with E-state index in [9.17, 15) is 29.3 Å². The maximum atomic E-state index is 14.6. The highest BCUT2D eigenvalue weighted by atomic mass is 16.6. The zero-order valence-electron chi connectivity index (χ0n) is 28.3. The molecule has 0 bridgehead atoms. The fourth-order valence-corrected chi connectivity index (χ4v) is 5.70. The number of hydrogen-bond acceptors (Lipinski definition) is 7. The molecule has 1 heterocycles. The van der Waals surface area contributed by atoms with E-state index in [1.165, 1.54) is 43.1 Å². The molecule has 1 aliphatic rings. The van der Waals surface area contributed by atoms with Gasteiger partial charge in [0.2, 0.25) is 5.91 Å². The van der Waals surface area contributed by atoms with Crippen LogP contribution in [0.25, 0.3) is 10.8 Å². The third kappa shape index (κ3) is 7.38. The first kappa shape index (κ1) is 34.6. The molecule has 0 radical (unpaired) electrons. The van der Waals surface area contributed by atoms with E-state index in [0.717, 1.165) is 26.8 Å². The van der Waals surface area contributed by atoms with Crippen molar-refractivity contribution in [3.05, 3.63) is 112 Å². The summed E-state index contributed by atoms with van der Waals surface area (Å²) in [5, 5.41) is 16.0. The Bertz CT molecular complexity index is 1940. The maximum absolute atomic E-state index is 14.6. The molecule has 1 N–H and O–H groups in total. The van der Waals surface area contributed by atoms with Crippen molar-refractivity contribution in [2.75, 3.05) is 23.4 Å². The second-order valence-corrected chi connectivity index (χ2v) is 13.0. The van der Waals surface area contributed by atoms with Crippen molar-refractivity contribution in [1.29, 1.82) is 0 Å². The number of nitro groups is 1. The van der Waals surface area contributed by atoms with Gasteiger partial charge in [0.25, 0.3) is 17.5 Å². The van der Waals surface area contributed by atoms with E-state index in [1.54, 1.807) is 49.9 Å². The molecule has 0 fully saturated rings. The number of fused-ring (bicyclic) bond motifs is 2. The Kier molecular flexibility index (Phi) is 9.70. The molecule has 49 heavy (non-hydrogen) atoms. The number of benzene rings is 4. The molecule has 2 unspecified atom stereocenters. The van der Waals surface area contributed by atoms with Crippen LogP contribution in [0.4, 0.5) is 21.9 Å². The second kappa shape index (κ2) is 13.8. The Balaban J connectivity index is 1.57. The number of amides is 4. The molecule has 4 aromatic carbocycles. The Morgan fingerprint density at radius 2 is 1.61 bits per heavy atom. The van der Waals surface area contributed by atoms with Gasteiger partial charge in [0, 0.05) is 24.7 Å². The number of hydrogen-bond donors (Lipinski definition) is 1. The number of anilines is 2. The van der Waals surface area contributed by atoms with E-state index in [4.69, 9.17) is 4.74 Å². The number of nitrogens with zero attached hydrogens (tertiary/aromatic N) is 4. The zero-order valence-corrected chi connectivity index (χ0v) is 28.3. The smallest absolute Gasteiger partial charge is 0.410 e. The maximum Gasteiger partial charge on any atom is 0.410 e. The Hall–Kier alpha value is -5.78. The Morgan fingerprint density at radius 3 is 2.27 bits per heavy atom. The monoisotopic (exact) mass is 665 g/mol. The van der Waals surface area contributed by atoms with Gasteiger partial charge in [-0.05, 0) is 80.8 Å². The van der Waals surface area contributed by atoms with Crippen LogP contribution in [0.1, 0.15) is 49.2 Å². The van der Waals surface area contributed by atoms with Gasteiger partial charge in [0.15, 0.2) is 0 Å². The van der Waals surface area contributed by atoms with Crippen molar-refractivity contribution in [3.8, 4) is 0 Å². The van der Waals surface area contributed by atoms with Gasteiger partial charge in [-0.1, -0.05) is 48.5 Å². The highest BCUT2D eigenvalue weighted by Crippen LogP contribution is 2.36. The van der Waals surface area contributed by atoms with Gasteiger partial charge >= 0.3 is 6.09 Å². The third-order valence-corrected chi connectivity index (χ3v) is 8.51. The number of aryl methyl sites for hydroxylation is 1. The molecule has 4 aromatic rings. The van der Waals surface area contributed by atoms with E-state index >= 15 is 0 Å². The van der Waals surface area contributed by atoms with Gasteiger partial charge in [-0.15, -0.1) is 0 Å². The molecule has 254 valence electrons. The predicted octanol–water partition coefficient (Wildman–Crippen LogP) is 5.99. The van der Waals surface area contributed by atoms with Crippen LogP contribution >= 0.6 is 0 Å². The van der Waals surface area contributed by atoms with Crippen molar-refractivity contribution in [2.45, 2.75) is 58.8 Å². The molecule has 0 saturated carbocycles.